The Morgan fingerprint density at radius 1 is 1.38 bits per heavy atom. The lowest BCUT2D eigenvalue weighted by atomic mass is 9.78. The van der Waals surface area contributed by atoms with Gasteiger partial charge in [-0.3, -0.25) is 4.79 Å². The number of hydrogen-bond donors (Lipinski definition) is 3. The van der Waals surface area contributed by atoms with Gasteiger partial charge in [-0.25, -0.2) is 0 Å². The Labute approximate surface area is 128 Å². The lowest BCUT2D eigenvalue weighted by Gasteiger charge is -2.37. The number of nitrogens with one attached hydrogen (secondary N) is 1. The van der Waals surface area contributed by atoms with E-state index in [0.717, 1.165) is 0 Å². The molecule has 1 fully saturated rings. The van der Waals surface area contributed by atoms with Gasteiger partial charge in [0.2, 0.25) is 0 Å². The molecule has 0 aromatic rings. The van der Waals surface area contributed by atoms with Gasteiger partial charge in [0.25, 0.3) is 0 Å². The summed E-state index contributed by atoms with van der Waals surface area (Å²) in [5.74, 6) is 0.216. The molecule has 0 aromatic carbocycles. The molecule has 5 heteroatoms. The molecule has 1 aliphatic carbocycles. The SMILES string of the molecule is CCOC(=O)C1CCC(O)(CNC(CCO)C(C)C)CC1. The molecule has 5 nitrogen and oxygen atoms in total. The zero-order chi connectivity index (χ0) is 15.9. The largest absolute Gasteiger partial charge is 0.466 e. The van der Waals surface area contributed by atoms with Crippen LogP contribution in [0.5, 0.6) is 0 Å². The van der Waals surface area contributed by atoms with Crippen LogP contribution in [-0.4, -0.2) is 47.6 Å². The molecule has 1 saturated carbocycles. The number of hydrogen-bond acceptors (Lipinski definition) is 5. The number of ether oxygens (including phenoxy) is 1. The zero-order valence-corrected chi connectivity index (χ0v) is 13.6. The van der Waals surface area contributed by atoms with Gasteiger partial charge in [0, 0.05) is 19.2 Å². The maximum absolute atomic E-state index is 11.7. The first kappa shape index (κ1) is 18.4. The minimum atomic E-state index is -0.744. The first-order valence-electron chi connectivity index (χ1n) is 8.15. The van der Waals surface area contributed by atoms with Gasteiger partial charge in [-0.1, -0.05) is 13.8 Å². The van der Waals surface area contributed by atoms with Crippen molar-refractivity contribution in [3.8, 4) is 0 Å². The van der Waals surface area contributed by atoms with Crippen LogP contribution in [0.1, 0.15) is 52.9 Å². The average Bonchev–Trinajstić information content (AvgIpc) is 2.44. The van der Waals surface area contributed by atoms with Crippen molar-refractivity contribution in [2.45, 2.75) is 64.5 Å². The summed E-state index contributed by atoms with van der Waals surface area (Å²) < 4.78 is 5.05. The van der Waals surface area contributed by atoms with E-state index in [1.165, 1.54) is 0 Å². The van der Waals surface area contributed by atoms with Crippen LogP contribution in [0.15, 0.2) is 0 Å². The summed E-state index contributed by atoms with van der Waals surface area (Å²) >= 11 is 0. The van der Waals surface area contributed by atoms with E-state index in [4.69, 9.17) is 9.84 Å². The molecule has 1 unspecified atom stereocenters. The van der Waals surface area contributed by atoms with Crippen molar-refractivity contribution in [3.63, 3.8) is 0 Å². The molecule has 3 N–H and O–H groups in total. The van der Waals surface area contributed by atoms with Gasteiger partial charge in [-0.15, -0.1) is 0 Å². The van der Waals surface area contributed by atoms with Crippen molar-refractivity contribution in [1.82, 2.24) is 5.32 Å². The minimum Gasteiger partial charge on any atom is -0.466 e. The Morgan fingerprint density at radius 3 is 2.48 bits per heavy atom. The van der Waals surface area contributed by atoms with Crippen LogP contribution >= 0.6 is 0 Å². The molecule has 0 heterocycles. The quantitative estimate of drug-likeness (QED) is 0.592. The van der Waals surface area contributed by atoms with Gasteiger partial charge in [-0.2, -0.15) is 0 Å². The molecule has 21 heavy (non-hydrogen) atoms. The fourth-order valence-corrected chi connectivity index (χ4v) is 2.96. The molecule has 0 spiro atoms. The molecule has 1 aliphatic rings. The Balaban J connectivity index is 2.41. The molecule has 0 aliphatic heterocycles. The van der Waals surface area contributed by atoms with Gasteiger partial charge in [0.15, 0.2) is 0 Å². The van der Waals surface area contributed by atoms with Crippen molar-refractivity contribution >= 4 is 5.97 Å². The third kappa shape index (κ3) is 5.93. The van der Waals surface area contributed by atoms with Crippen molar-refractivity contribution in [2.24, 2.45) is 11.8 Å². The van der Waals surface area contributed by atoms with E-state index in [0.29, 0.717) is 51.2 Å². The fraction of sp³-hybridized carbons (Fsp3) is 0.938. The standard InChI is InChI=1S/C16H31NO4/c1-4-21-15(19)13-5-8-16(20,9-6-13)11-17-14(7-10-18)12(2)3/h12-14,17-18,20H,4-11H2,1-3H3. The summed E-state index contributed by atoms with van der Waals surface area (Å²) in [4.78, 5) is 11.7. The summed E-state index contributed by atoms with van der Waals surface area (Å²) in [6, 6.07) is 0.210. The van der Waals surface area contributed by atoms with Gasteiger partial charge < -0.3 is 20.3 Å². The Kier molecular flexibility index (Phi) is 7.63. The second kappa shape index (κ2) is 8.71. The minimum absolute atomic E-state index is 0.0661. The van der Waals surface area contributed by atoms with Crippen LogP contribution in [0.25, 0.3) is 0 Å². The van der Waals surface area contributed by atoms with Crippen LogP contribution in [0.3, 0.4) is 0 Å². The summed E-state index contributed by atoms with van der Waals surface area (Å²) in [5, 5.41) is 23.1. The van der Waals surface area contributed by atoms with Crippen LogP contribution in [0, 0.1) is 11.8 Å². The van der Waals surface area contributed by atoms with E-state index in [9.17, 15) is 9.90 Å². The lowest BCUT2D eigenvalue weighted by molar-refractivity contribution is -0.151. The summed E-state index contributed by atoms with van der Waals surface area (Å²) in [7, 11) is 0. The van der Waals surface area contributed by atoms with E-state index in [2.05, 4.69) is 19.2 Å². The number of carbonyl (C=O) groups is 1. The van der Waals surface area contributed by atoms with Gasteiger partial charge in [0.05, 0.1) is 18.1 Å². The smallest absolute Gasteiger partial charge is 0.308 e. The van der Waals surface area contributed by atoms with E-state index in [1.54, 1.807) is 0 Å². The van der Waals surface area contributed by atoms with Gasteiger partial charge in [0.1, 0.15) is 0 Å². The van der Waals surface area contributed by atoms with Crippen molar-refractivity contribution in [2.75, 3.05) is 19.8 Å². The average molecular weight is 301 g/mol. The first-order valence-corrected chi connectivity index (χ1v) is 8.15. The van der Waals surface area contributed by atoms with Gasteiger partial charge in [-0.05, 0) is 44.9 Å². The second-order valence-corrected chi connectivity index (χ2v) is 6.49. The van der Waals surface area contributed by atoms with Crippen LogP contribution in [0.4, 0.5) is 0 Å². The number of carbonyl (C=O) groups excluding carboxylic acids is 1. The highest BCUT2D eigenvalue weighted by molar-refractivity contribution is 5.72. The normalized spacial score (nSPS) is 27.6. The number of aliphatic hydroxyl groups is 2. The van der Waals surface area contributed by atoms with Gasteiger partial charge >= 0.3 is 5.97 Å². The molecule has 0 bridgehead atoms. The highest BCUT2D eigenvalue weighted by Crippen LogP contribution is 2.32. The first-order chi connectivity index (χ1) is 9.91. The van der Waals surface area contributed by atoms with E-state index in [1.807, 2.05) is 6.92 Å². The molecule has 0 radical (unpaired) electrons. The number of esters is 1. The third-order valence-corrected chi connectivity index (χ3v) is 4.47. The van der Waals surface area contributed by atoms with Crippen LogP contribution in [-0.2, 0) is 9.53 Å². The number of rotatable bonds is 8. The van der Waals surface area contributed by atoms with Crippen molar-refractivity contribution in [1.29, 1.82) is 0 Å². The van der Waals surface area contributed by atoms with Crippen molar-refractivity contribution in [3.05, 3.63) is 0 Å². The summed E-state index contributed by atoms with van der Waals surface area (Å²) in [6.45, 7) is 7.11. The monoisotopic (exact) mass is 301 g/mol. The number of aliphatic hydroxyl groups excluding tert-OH is 1. The molecule has 0 saturated heterocycles. The molecule has 0 amide bonds. The highest BCUT2D eigenvalue weighted by Gasteiger charge is 2.36. The van der Waals surface area contributed by atoms with Crippen LogP contribution < -0.4 is 5.32 Å². The molecule has 124 valence electrons. The highest BCUT2D eigenvalue weighted by atomic mass is 16.5. The van der Waals surface area contributed by atoms with E-state index >= 15 is 0 Å². The zero-order valence-electron chi connectivity index (χ0n) is 13.6. The van der Waals surface area contributed by atoms with Crippen molar-refractivity contribution < 1.29 is 19.7 Å². The molecule has 1 atom stereocenters. The Hall–Kier alpha value is -0.650. The van der Waals surface area contributed by atoms with E-state index in [-0.39, 0.29) is 24.5 Å². The molecule has 0 aromatic heterocycles. The summed E-state index contributed by atoms with van der Waals surface area (Å²) in [5.41, 5.74) is -0.744. The molecular formula is C16H31NO4. The van der Waals surface area contributed by atoms with Crippen LogP contribution in [0.2, 0.25) is 0 Å². The Morgan fingerprint density at radius 2 is 2.00 bits per heavy atom. The third-order valence-electron chi connectivity index (χ3n) is 4.47. The topological polar surface area (TPSA) is 78.8 Å². The summed E-state index contributed by atoms with van der Waals surface area (Å²) in [6.07, 6.45) is 3.30. The predicted molar refractivity (Wildman–Crippen MR) is 81.9 cm³/mol. The fourth-order valence-electron chi connectivity index (χ4n) is 2.96. The Bertz CT molecular complexity index is 311. The second-order valence-electron chi connectivity index (χ2n) is 6.49. The maximum atomic E-state index is 11.7. The molecule has 1 rings (SSSR count). The maximum Gasteiger partial charge on any atom is 0.308 e. The predicted octanol–water partition coefficient (Wildman–Crippen LogP) is 1.47. The molecular weight excluding hydrogens is 270 g/mol. The lowest BCUT2D eigenvalue weighted by Crippen LogP contribution is -2.48. The van der Waals surface area contributed by atoms with E-state index < -0.39 is 5.60 Å².